The van der Waals surface area contributed by atoms with Gasteiger partial charge in [0.05, 0.1) is 0 Å². The van der Waals surface area contributed by atoms with Crippen LogP contribution in [0.15, 0.2) is 0 Å². The Morgan fingerprint density at radius 2 is 2.05 bits per heavy atom. The number of nitrogens with zero attached hydrogens (tertiary/aromatic N) is 1. The SMILES string of the molecule is CC1CCCC(C(N)CCCS(C)(=O)=O)(N(C)C)C1. The molecule has 2 N–H and O–H groups in total. The Morgan fingerprint density at radius 1 is 1.42 bits per heavy atom. The second kappa shape index (κ2) is 6.55. The van der Waals surface area contributed by atoms with Crippen molar-refractivity contribution in [1.82, 2.24) is 4.90 Å². The van der Waals surface area contributed by atoms with E-state index in [9.17, 15) is 8.42 Å². The van der Waals surface area contributed by atoms with Crippen LogP contribution in [0.3, 0.4) is 0 Å². The van der Waals surface area contributed by atoms with Crippen LogP contribution in [-0.2, 0) is 9.84 Å². The Bertz CT molecular complexity index is 381. The summed E-state index contributed by atoms with van der Waals surface area (Å²) in [6.45, 7) is 2.29. The first-order chi connectivity index (χ1) is 8.67. The average Bonchev–Trinajstić information content (AvgIpc) is 2.26. The van der Waals surface area contributed by atoms with E-state index in [2.05, 4.69) is 25.9 Å². The highest BCUT2D eigenvalue weighted by molar-refractivity contribution is 7.90. The van der Waals surface area contributed by atoms with Crippen LogP contribution in [0, 0.1) is 5.92 Å². The second-order valence-corrected chi connectivity index (χ2v) is 8.84. The molecule has 0 bridgehead atoms. The summed E-state index contributed by atoms with van der Waals surface area (Å²) < 4.78 is 22.4. The number of rotatable bonds is 6. The molecule has 1 saturated carbocycles. The van der Waals surface area contributed by atoms with Crippen LogP contribution in [0.25, 0.3) is 0 Å². The summed E-state index contributed by atoms with van der Waals surface area (Å²) in [5, 5.41) is 0. The molecule has 19 heavy (non-hydrogen) atoms. The van der Waals surface area contributed by atoms with E-state index in [1.807, 2.05) is 0 Å². The van der Waals surface area contributed by atoms with E-state index >= 15 is 0 Å². The number of sulfone groups is 1. The van der Waals surface area contributed by atoms with E-state index in [4.69, 9.17) is 5.73 Å². The lowest BCUT2D eigenvalue weighted by atomic mass is 9.70. The lowest BCUT2D eigenvalue weighted by molar-refractivity contribution is 0.0475. The van der Waals surface area contributed by atoms with Crippen LogP contribution in [0.2, 0.25) is 0 Å². The molecule has 0 aromatic carbocycles. The highest BCUT2D eigenvalue weighted by Gasteiger charge is 2.41. The van der Waals surface area contributed by atoms with Crippen molar-refractivity contribution in [3.63, 3.8) is 0 Å². The van der Waals surface area contributed by atoms with Gasteiger partial charge in [0.1, 0.15) is 9.84 Å². The first kappa shape index (κ1) is 16.9. The number of hydrogen-bond donors (Lipinski definition) is 1. The van der Waals surface area contributed by atoms with Crippen LogP contribution in [-0.4, -0.2) is 51.0 Å². The first-order valence-corrected chi connectivity index (χ1v) is 9.34. The van der Waals surface area contributed by atoms with Gasteiger partial charge >= 0.3 is 0 Å². The van der Waals surface area contributed by atoms with Gasteiger partial charge in [0.25, 0.3) is 0 Å². The summed E-state index contributed by atoms with van der Waals surface area (Å²) in [6, 6.07) is 0.0620. The van der Waals surface area contributed by atoms with Crippen molar-refractivity contribution in [1.29, 1.82) is 0 Å². The maximum Gasteiger partial charge on any atom is 0.147 e. The maximum atomic E-state index is 11.2. The van der Waals surface area contributed by atoms with Crippen LogP contribution in [0.1, 0.15) is 45.4 Å². The van der Waals surface area contributed by atoms with Crippen molar-refractivity contribution in [2.75, 3.05) is 26.1 Å². The summed E-state index contributed by atoms with van der Waals surface area (Å²) in [5.41, 5.74) is 6.49. The van der Waals surface area contributed by atoms with Gasteiger partial charge < -0.3 is 10.6 Å². The molecule has 0 radical (unpaired) electrons. The van der Waals surface area contributed by atoms with Gasteiger partial charge in [-0.25, -0.2) is 8.42 Å². The fourth-order valence-electron chi connectivity index (χ4n) is 3.47. The molecule has 3 atom stereocenters. The van der Waals surface area contributed by atoms with E-state index < -0.39 is 9.84 Å². The van der Waals surface area contributed by atoms with Gasteiger partial charge in [-0.3, -0.25) is 0 Å². The molecule has 0 amide bonds. The van der Waals surface area contributed by atoms with E-state index in [0.717, 1.165) is 19.3 Å². The van der Waals surface area contributed by atoms with Crippen molar-refractivity contribution in [3.8, 4) is 0 Å². The standard InChI is InChI=1S/C14H30N2O2S/c1-12-7-5-9-14(11-12,16(2)3)13(15)8-6-10-19(4,17)18/h12-13H,5-11,15H2,1-4H3. The van der Waals surface area contributed by atoms with Crippen molar-refractivity contribution in [2.24, 2.45) is 11.7 Å². The predicted molar refractivity (Wildman–Crippen MR) is 81.0 cm³/mol. The summed E-state index contributed by atoms with van der Waals surface area (Å²) in [4.78, 5) is 2.27. The summed E-state index contributed by atoms with van der Waals surface area (Å²) in [6.07, 6.45) is 7.51. The third-order valence-corrected chi connectivity index (χ3v) is 5.65. The second-order valence-electron chi connectivity index (χ2n) is 6.58. The molecule has 0 aromatic rings. The topological polar surface area (TPSA) is 63.4 Å². The first-order valence-electron chi connectivity index (χ1n) is 7.28. The Balaban J connectivity index is 2.65. The van der Waals surface area contributed by atoms with Crippen molar-refractivity contribution in [3.05, 3.63) is 0 Å². The van der Waals surface area contributed by atoms with Crippen LogP contribution < -0.4 is 5.73 Å². The van der Waals surface area contributed by atoms with E-state index in [1.54, 1.807) is 0 Å². The van der Waals surface area contributed by atoms with Gasteiger partial charge in [-0.05, 0) is 45.7 Å². The third kappa shape index (κ3) is 4.72. The Labute approximate surface area is 118 Å². The number of nitrogens with two attached hydrogens (primary N) is 1. The molecule has 0 heterocycles. The van der Waals surface area contributed by atoms with Gasteiger partial charge in [-0.15, -0.1) is 0 Å². The normalized spacial score (nSPS) is 30.5. The van der Waals surface area contributed by atoms with Crippen molar-refractivity contribution < 1.29 is 8.42 Å². The van der Waals surface area contributed by atoms with Gasteiger partial charge in [0, 0.05) is 23.6 Å². The van der Waals surface area contributed by atoms with Gasteiger partial charge in [0.15, 0.2) is 0 Å². The number of hydrogen-bond acceptors (Lipinski definition) is 4. The van der Waals surface area contributed by atoms with E-state index in [0.29, 0.717) is 12.3 Å². The molecule has 1 aliphatic rings. The molecule has 0 aliphatic heterocycles. The van der Waals surface area contributed by atoms with Crippen molar-refractivity contribution >= 4 is 9.84 Å². The molecule has 1 rings (SSSR count). The molecule has 5 heteroatoms. The van der Waals surface area contributed by atoms with Crippen molar-refractivity contribution in [2.45, 2.75) is 57.0 Å². The fraction of sp³-hybridized carbons (Fsp3) is 1.00. The minimum atomic E-state index is -2.87. The fourth-order valence-corrected chi connectivity index (χ4v) is 4.16. The zero-order valence-corrected chi connectivity index (χ0v) is 13.7. The van der Waals surface area contributed by atoms with Gasteiger partial charge in [-0.2, -0.15) is 0 Å². The molecule has 114 valence electrons. The molecule has 1 fully saturated rings. The maximum absolute atomic E-state index is 11.2. The zero-order chi connectivity index (χ0) is 14.7. The largest absolute Gasteiger partial charge is 0.326 e. The zero-order valence-electron chi connectivity index (χ0n) is 12.9. The summed E-state index contributed by atoms with van der Waals surface area (Å²) in [7, 11) is 1.34. The molecule has 0 spiro atoms. The van der Waals surface area contributed by atoms with Gasteiger partial charge in [0.2, 0.25) is 0 Å². The van der Waals surface area contributed by atoms with Crippen LogP contribution >= 0.6 is 0 Å². The highest BCUT2D eigenvalue weighted by atomic mass is 32.2. The summed E-state index contributed by atoms with van der Waals surface area (Å²) >= 11 is 0. The highest BCUT2D eigenvalue weighted by Crippen LogP contribution is 2.38. The van der Waals surface area contributed by atoms with Gasteiger partial charge in [-0.1, -0.05) is 19.8 Å². The van der Waals surface area contributed by atoms with Crippen LogP contribution in [0.5, 0.6) is 0 Å². The minimum absolute atomic E-state index is 0.0508. The Kier molecular flexibility index (Phi) is 5.83. The lowest BCUT2D eigenvalue weighted by Gasteiger charge is -2.49. The number of likely N-dealkylation sites (N-methyl/N-ethyl adjacent to an activating group) is 1. The smallest absolute Gasteiger partial charge is 0.147 e. The molecular formula is C14H30N2O2S. The molecule has 4 nitrogen and oxygen atoms in total. The van der Waals surface area contributed by atoms with E-state index in [-0.39, 0.29) is 17.3 Å². The monoisotopic (exact) mass is 290 g/mol. The Hall–Kier alpha value is -0.130. The molecule has 1 aliphatic carbocycles. The lowest BCUT2D eigenvalue weighted by Crippen LogP contribution is -2.59. The quantitative estimate of drug-likeness (QED) is 0.808. The molecule has 3 unspecified atom stereocenters. The molecule has 0 aromatic heterocycles. The molecule has 0 saturated heterocycles. The Morgan fingerprint density at radius 3 is 2.53 bits per heavy atom. The predicted octanol–water partition coefficient (Wildman–Crippen LogP) is 1.65. The molecular weight excluding hydrogens is 260 g/mol. The third-order valence-electron chi connectivity index (χ3n) is 4.62. The van der Waals surface area contributed by atoms with E-state index in [1.165, 1.54) is 19.1 Å². The minimum Gasteiger partial charge on any atom is -0.326 e. The van der Waals surface area contributed by atoms with Crippen LogP contribution in [0.4, 0.5) is 0 Å². The summed E-state index contributed by atoms with van der Waals surface area (Å²) in [5.74, 6) is 0.955. The average molecular weight is 290 g/mol.